The van der Waals surface area contributed by atoms with Gasteiger partial charge in [-0.25, -0.2) is 0 Å². The number of methoxy groups -OCH3 is 1. The topological polar surface area (TPSA) is 29.5 Å². The van der Waals surface area contributed by atoms with Crippen molar-refractivity contribution in [1.82, 2.24) is 0 Å². The second kappa shape index (κ2) is 6.36. The van der Waals surface area contributed by atoms with Crippen LogP contribution < -0.4 is 0 Å². The summed E-state index contributed by atoms with van der Waals surface area (Å²) in [7, 11) is 1.60. The summed E-state index contributed by atoms with van der Waals surface area (Å²) < 4.78 is 4.82. The molecule has 0 aromatic heterocycles. The van der Waals surface area contributed by atoms with Crippen molar-refractivity contribution in [1.29, 1.82) is 0 Å². The number of hydrogen-bond acceptors (Lipinski definition) is 2. The van der Waals surface area contributed by atoms with Crippen LogP contribution in [-0.4, -0.2) is 18.8 Å². The molecule has 2 nitrogen and oxygen atoms in total. The summed E-state index contributed by atoms with van der Waals surface area (Å²) in [5, 5.41) is 8.38. The quantitative estimate of drug-likeness (QED) is 0.465. The van der Waals surface area contributed by atoms with E-state index in [2.05, 4.69) is 6.58 Å². The molecule has 0 aromatic carbocycles. The van der Waals surface area contributed by atoms with Crippen LogP contribution in [0.2, 0.25) is 0 Å². The van der Waals surface area contributed by atoms with Crippen molar-refractivity contribution >= 4 is 0 Å². The van der Waals surface area contributed by atoms with Crippen LogP contribution in [-0.2, 0) is 4.74 Å². The summed E-state index contributed by atoms with van der Waals surface area (Å²) >= 11 is 0. The molecule has 0 amide bonds. The second-order valence-corrected chi connectivity index (χ2v) is 1.93. The molecule has 0 saturated heterocycles. The van der Waals surface area contributed by atoms with Gasteiger partial charge in [0.15, 0.2) is 0 Å². The summed E-state index contributed by atoms with van der Waals surface area (Å²) in [4.78, 5) is 0. The highest BCUT2D eigenvalue weighted by Crippen LogP contribution is 1.98. The smallest absolute Gasteiger partial charge is 0.0921 e. The first-order valence-electron chi connectivity index (χ1n) is 3.29. The van der Waals surface area contributed by atoms with Gasteiger partial charge in [0.2, 0.25) is 0 Å². The third-order valence-corrected chi connectivity index (χ3v) is 1.10. The van der Waals surface area contributed by atoms with Gasteiger partial charge in [-0.3, -0.25) is 0 Å². The second-order valence-electron chi connectivity index (χ2n) is 1.93. The lowest BCUT2D eigenvalue weighted by Gasteiger charge is -1.97. The Labute approximate surface area is 61.8 Å². The van der Waals surface area contributed by atoms with Gasteiger partial charge < -0.3 is 9.84 Å². The molecule has 0 fully saturated rings. The molecule has 0 heterocycles. The minimum absolute atomic E-state index is 0.204. The first-order chi connectivity index (χ1) is 4.81. The SMILES string of the molecule is C=C(C/C=C\CCO)OC. The molecule has 0 aliphatic heterocycles. The Balaban J connectivity index is 3.25. The molecular formula is C8H14O2. The molecular weight excluding hydrogens is 128 g/mol. The number of allylic oxidation sites excluding steroid dienone is 1. The number of aliphatic hydroxyl groups is 1. The summed E-state index contributed by atoms with van der Waals surface area (Å²) in [6, 6.07) is 0. The fourth-order valence-corrected chi connectivity index (χ4v) is 0.490. The lowest BCUT2D eigenvalue weighted by molar-refractivity contribution is 0.286. The van der Waals surface area contributed by atoms with E-state index in [4.69, 9.17) is 9.84 Å². The van der Waals surface area contributed by atoms with Crippen molar-refractivity contribution in [2.45, 2.75) is 12.8 Å². The third-order valence-electron chi connectivity index (χ3n) is 1.10. The molecule has 0 spiro atoms. The fourth-order valence-electron chi connectivity index (χ4n) is 0.490. The van der Waals surface area contributed by atoms with Gasteiger partial charge in [0.25, 0.3) is 0 Å². The van der Waals surface area contributed by atoms with Crippen molar-refractivity contribution in [2.24, 2.45) is 0 Å². The predicted octanol–water partition coefficient (Wildman–Crippen LogP) is 1.48. The van der Waals surface area contributed by atoms with Crippen molar-refractivity contribution in [3.05, 3.63) is 24.5 Å². The van der Waals surface area contributed by atoms with E-state index < -0.39 is 0 Å². The Morgan fingerprint density at radius 1 is 1.60 bits per heavy atom. The van der Waals surface area contributed by atoms with Crippen LogP contribution in [0.25, 0.3) is 0 Å². The van der Waals surface area contributed by atoms with Crippen LogP contribution in [0.1, 0.15) is 12.8 Å². The molecule has 0 aliphatic carbocycles. The maximum Gasteiger partial charge on any atom is 0.0921 e. The Kier molecular flexibility index (Phi) is 5.88. The highest BCUT2D eigenvalue weighted by molar-refractivity contribution is 4.94. The zero-order valence-electron chi connectivity index (χ0n) is 6.34. The third kappa shape index (κ3) is 5.38. The Morgan fingerprint density at radius 2 is 2.30 bits per heavy atom. The fraction of sp³-hybridized carbons (Fsp3) is 0.500. The zero-order valence-corrected chi connectivity index (χ0v) is 6.34. The average molecular weight is 142 g/mol. The number of ether oxygens (including phenoxy) is 1. The van der Waals surface area contributed by atoms with Crippen LogP contribution in [0, 0.1) is 0 Å². The van der Waals surface area contributed by atoms with Gasteiger partial charge in [0.1, 0.15) is 0 Å². The molecule has 0 rings (SSSR count). The first-order valence-corrected chi connectivity index (χ1v) is 3.29. The van der Waals surface area contributed by atoms with Crippen LogP contribution >= 0.6 is 0 Å². The minimum atomic E-state index is 0.204. The van der Waals surface area contributed by atoms with Crippen LogP contribution in [0.4, 0.5) is 0 Å². The summed E-state index contributed by atoms with van der Waals surface area (Å²) in [6.07, 6.45) is 5.28. The van der Waals surface area contributed by atoms with Gasteiger partial charge in [0.05, 0.1) is 12.9 Å². The molecule has 0 aliphatic rings. The molecule has 0 radical (unpaired) electrons. The van der Waals surface area contributed by atoms with Crippen molar-refractivity contribution in [2.75, 3.05) is 13.7 Å². The molecule has 0 aromatic rings. The predicted molar refractivity (Wildman–Crippen MR) is 41.6 cm³/mol. The average Bonchev–Trinajstić information content (AvgIpc) is 1.98. The van der Waals surface area contributed by atoms with E-state index in [-0.39, 0.29) is 6.61 Å². The summed E-state index contributed by atoms with van der Waals surface area (Å²) in [6.45, 7) is 3.84. The monoisotopic (exact) mass is 142 g/mol. The normalized spacial score (nSPS) is 10.2. The summed E-state index contributed by atoms with van der Waals surface area (Å²) in [5.74, 6) is 0.745. The number of hydrogen-bond donors (Lipinski definition) is 1. The van der Waals surface area contributed by atoms with Gasteiger partial charge in [0, 0.05) is 13.0 Å². The molecule has 0 unspecified atom stereocenters. The van der Waals surface area contributed by atoms with Crippen LogP contribution in [0.3, 0.4) is 0 Å². The highest BCUT2D eigenvalue weighted by atomic mass is 16.5. The number of rotatable bonds is 5. The van der Waals surface area contributed by atoms with E-state index in [9.17, 15) is 0 Å². The van der Waals surface area contributed by atoms with Crippen molar-refractivity contribution in [3.8, 4) is 0 Å². The molecule has 58 valence electrons. The maximum atomic E-state index is 8.38. The Morgan fingerprint density at radius 3 is 2.80 bits per heavy atom. The van der Waals surface area contributed by atoms with E-state index in [0.29, 0.717) is 6.42 Å². The van der Waals surface area contributed by atoms with Gasteiger partial charge >= 0.3 is 0 Å². The Bertz CT molecular complexity index is 116. The lowest BCUT2D eigenvalue weighted by Crippen LogP contribution is -1.81. The van der Waals surface area contributed by atoms with E-state index in [1.807, 2.05) is 12.2 Å². The highest BCUT2D eigenvalue weighted by Gasteiger charge is 1.84. The standard InChI is InChI=1S/C8H14O2/c1-8(10-2)6-4-3-5-7-9/h3-4,9H,1,5-7H2,2H3/b4-3-. The van der Waals surface area contributed by atoms with Gasteiger partial charge in [-0.1, -0.05) is 18.7 Å². The van der Waals surface area contributed by atoms with E-state index in [0.717, 1.165) is 12.2 Å². The molecule has 0 atom stereocenters. The molecule has 1 N–H and O–H groups in total. The Hall–Kier alpha value is -0.760. The summed E-state index contributed by atoms with van der Waals surface area (Å²) in [5.41, 5.74) is 0. The maximum absolute atomic E-state index is 8.38. The van der Waals surface area contributed by atoms with Crippen molar-refractivity contribution in [3.63, 3.8) is 0 Å². The number of aliphatic hydroxyl groups excluding tert-OH is 1. The lowest BCUT2D eigenvalue weighted by atomic mass is 10.3. The molecule has 0 bridgehead atoms. The first kappa shape index (κ1) is 9.24. The van der Waals surface area contributed by atoms with Gasteiger partial charge in [-0.05, 0) is 6.42 Å². The van der Waals surface area contributed by atoms with Gasteiger partial charge in [-0.2, -0.15) is 0 Å². The van der Waals surface area contributed by atoms with Crippen LogP contribution in [0.5, 0.6) is 0 Å². The van der Waals surface area contributed by atoms with E-state index >= 15 is 0 Å². The largest absolute Gasteiger partial charge is 0.501 e. The molecule has 2 heteroatoms. The zero-order chi connectivity index (χ0) is 7.82. The van der Waals surface area contributed by atoms with Crippen molar-refractivity contribution < 1.29 is 9.84 Å². The molecule has 10 heavy (non-hydrogen) atoms. The van der Waals surface area contributed by atoms with Gasteiger partial charge in [-0.15, -0.1) is 0 Å². The van der Waals surface area contributed by atoms with E-state index in [1.54, 1.807) is 7.11 Å². The minimum Gasteiger partial charge on any atom is -0.501 e. The van der Waals surface area contributed by atoms with Crippen LogP contribution in [0.15, 0.2) is 24.5 Å². The molecule has 0 saturated carbocycles. The van der Waals surface area contributed by atoms with E-state index in [1.165, 1.54) is 0 Å².